The predicted molar refractivity (Wildman–Crippen MR) is 85.2 cm³/mol. The summed E-state index contributed by atoms with van der Waals surface area (Å²) < 4.78 is 5.91. The lowest BCUT2D eigenvalue weighted by Gasteiger charge is -2.34. The van der Waals surface area contributed by atoms with Crippen molar-refractivity contribution in [2.45, 2.75) is 77.5 Å². The molecule has 0 saturated heterocycles. The standard InChI is InChI=1S/C16H28N2OS/c1-12-13(11-17-15(2,3)4)20-14(18-12)16(19-5)9-7-6-8-10-16/h17H,6-11H2,1-5H3. The molecule has 1 fully saturated rings. The fourth-order valence-corrected chi connectivity index (χ4v) is 3.99. The molecule has 1 aromatic rings. The molecule has 0 unspecified atom stereocenters. The highest BCUT2D eigenvalue weighted by Gasteiger charge is 2.37. The lowest BCUT2D eigenvalue weighted by molar-refractivity contribution is -0.0446. The number of nitrogens with one attached hydrogen (secondary N) is 1. The van der Waals surface area contributed by atoms with E-state index in [4.69, 9.17) is 9.72 Å². The molecule has 1 aromatic heterocycles. The molecule has 20 heavy (non-hydrogen) atoms. The van der Waals surface area contributed by atoms with Crippen LogP contribution in [0.3, 0.4) is 0 Å². The summed E-state index contributed by atoms with van der Waals surface area (Å²) in [5.74, 6) is 0. The second-order valence-electron chi connectivity index (χ2n) is 6.89. The zero-order chi connectivity index (χ0) is 14.8. The average Bonchev–Trinajstić information content (AvgIpc) is 2.78. The molecule has 1 saturated carbocycles. The maximum absolute atomic E-state index is 5.91. The Morgan fingerprint density at radius 2 is 1.90 bits per heavy atom. The Kier molecular flexibility index (Phi) is 4.88. The first-order chi connectivity index (χ1) is 9.36. The van der Waals surface area contributed by atoms with Gasteiger partial charge in [-0.05, 0) is 40.5 Å². The van der Waals surface area contributed by atoms with Crippen LogP contribution in [0, 0.1) is 6.92 Å². The first-order valence-corrected chi connectivity index (χ1v) is 8.45. The molecule has 2 rings (SSSR count). The highest BCUT2D eigenvalue weighted by atomic mass is 32.1. The van der Waals surface area contributed by atoms with Crippen LogP contribution in [-0.4, -0.2) is 17.6 Å². The van der Waals surface area contributed by atoms with Crippen LogP contribution in [0.5, 0.6) is 0 Å². The van der Waals surface area contributed by atoms with Crippen molar-refractivity contribution in [1.29, 1.82) is 0 Å². The number of aryl methyl sites for hydroxylation is 1. The first-order valence-electron chi connectivity index (χ1n) is 7.63. The van der Waals surface area contributed by atoms with Gasteiger partial charge in [-0.15, -0.1) is 11.3 Å². The van der Waals surface area contributed by atoms with Gasteiger partial charge in [0.25, 0.3) is 0 Å². The summed E-state index contributed by atoms with van der Waals surface area (Å²) >= 11 is 1.83. The fourth-order valence-electron chi connectivity index (χ4n) is 2.76. The minimum atomic E-state index is -0.117. The lowest BCUT2D eigenvalue weighted by Crippen LogP contribution is -2.35. The molecule has 0 spiro atoms. The largest absolute Gasteiger partial charge is 0.371 e. The molecular weight excluding hydrogens is 268 g/mol. The topological polar surface area (TPSA) is 34.1 Å². The summed E-state index contributed by atoms with van der Waals surface area (Å²) in [5, 5.41) is 4.74. The van der Waals surface area contributed by atoms with Crippen LogP contribution in [-0.2, 0) is 16.9 Å². The zero-order valence-corrected chi connectivity index (χ0v) is 14.3. The van der Waals surface area contributed by atoms with E-state index in [9.17, 15) is 0 Å². The molecule has 1 N–H and O–H groups in total. The van der Waals surface area contributed by atoms with Gasteiger partial charge in [0.05, 0.1) is 5.69 Å². The summed E-state index contributed by atoms with van der Waals surface area (Å²) in [5.41, 5.74) is 1.18. The van der Waals surface area contributed by atoms with E-state index in [1.807, 2.05) is 18.4 Å². The van der Waals surface area contributed by atoms with Gasteiger partial charge in [-0.1, -0.05) is 19.3 Å². The fraction of sp³-hybridized carbons (Fsp3) is 0.812. The highest BCUT2D eigenvalue weighted by Crippen LogP contribution is 2.42. The molecular formula is C16H28N2OS. The Morgan fingerprint density at radius 3 is 2.45 bits per heavy atom. The molecule has 3 nitrogen and oxygen atoms in total. The van der Waals surface area contributed by atoms with E-state index in [0.717, 1.165) is 25.1 Å². The van der Waals surface area contributed by atoms with E-state index in [1.165, 1.54) is 29.1 Å². The Balaban J connectivity index is 2.17. The highest BCUT2D eigenvalue weighted by molar-refractivity contribution is 7.11. The van der Waals surface area contributed by atoms with Crippen molar-refractivity contribution in [3.63, 3.8) is 0 Å². The van der Waals surface area contributed by atoms with E-state index in [2.05, 4.69) is 33.0 Å². The molecule has 1 aliphatic carbocycles. The van der Waals surface area contributed by atoms with Crippen LogP contribution < -0.4 is 5.32 Å². The third-order valence-electron chi connectivity index (χ3n) is 4.11. The zero-order valence-electron chi connectivity index (χ0n) is 13.5. The monoisotopic (exact) mass is 296 g/mol. The normalized spacial score (nSPS) is 19.2. The van der Waals surface area contributed by atoms with Gasteiger partial charge in [-0.25, -0.2) is 4.98 Å². The van der Waals surface area contributed by atoms with Crippen LogP contribution in [0.4, 0.5) is 0 Å². The number of rotatable bonds is 4. The van der Waals surface area contributed by atoms with Crippen molar-refractivity contribution in [3.8, 4) is 0 Å². The number of aromatic nitrogens is 1. The molecule has 4 heteroatoms. The van der Waals surface area contributed by atoms with Gasteiger partial charge < -0.3 is 10.1 Å². The average molecular weight is 296 g/mol. The van der Waals surface area contributed by atoms with Gasteiger partial charge in [0.1, 0.15) is 10.6 Å². The summed E-state index contributed by atoms with van der Waals surface area (Å²) in [6, 6.07) is 0. The Morgan fingerprint density at radius 1 is 1.25 bits per heavy atom. The summed E-state index contributed by atoms with van der Waals surface area (Å²) in [6.07, 6.45) is 6.06. The van der Waals surface area contributed by atoms with Crippen molar-refractivity contribution < 1.29 is 4.74 Å². The summed E-state index contributed by atoms with van der Waals surface area (Å²) in [6.45, 7) is 9.60. The number of hydrogen-bond donors (Lipinski definition) is 1. The smallest absolute Gasteiger partial charge is 0.125 e. The van der Waals surface area contributed by atoms with Crippen molar-refractivity contribution in [2.24, 2.45) is 0 Å². The van der Waals surface area contributed by atoms with E-state index >= 15 is 0 Å². The number of hydrogen-bond acceptors (Lipinski definition) is 4. The van der Waals surface area contributed by atoms with Crippen LogP contribution in [0.1, 0.15) is 68.5 Å². The maximum Gasteiger partial charge on any atom is 0.125 e. The minimum absolute atomic E-state index is 0.117. The molecule has 0 bridgehead atoms. The van der Waals surface area contributed by atoms with E-state index in [-0.39, 0.29) is 11.1 Å². The van der Waals surface area contributed by atoms with Crippen molar-refractivity contribution in [2.75, 3.05) is 7.11 Å². The molecule has 0 radical (unpaired) electrons. The second-order valence-corrected chi connectivity index (χ2v) is 7.97. The second kappa shape index (κ2) is 6.12. The SMILES string of the molecule is COC1(c2nc(C)c(CNC(C)(C)C)s2)CCCCC1. The Labute approximate surface area is 127 Å². The van der Waals surface area contributed by atoms with Gasteiger partial charge in [0, 0.05) is 24.1 Å². The number of methoxy groups -OCH3 is 1. The minimum Gasteiger partial charge on any atom is -0.371 e. The van der Waals surface area contributed by atoms with E-state index in [1.54, 1.807) is 0 Å². The first kappa shape index (κ1) is 15.9. The van der Waals surface area contributed by atoms with Crippen LogP contribution in [0.25, 0.3) is 0 Å². The van der Waals surface area contributed by atoms with Gasteiger partial charge in [-0.2, -0.15) is 0 Å². The van der Waals surface area contributed by atoms with Gasteiger partial charge in [0.15, 0.2) is 0 Å². The molecule has 1 aliphatic rings. The quantitative estimate of drug-likeness (QED) is 0.906. The van der Waals surface area contributed by atoms with Gasteiger partial charge in [-0.3, -0.25) is 0 Å². The number of nitrogens with zero attached hydrogens (tertiary/aromatic N) is 1. The van der Waals surface area contributed by atoms with E-state index < -0.39 is 0 Å². The lowest BCUT2D eigenvalue weighted by atomic mass is 9.85. The van der Waals surface area contributed by atoms with Crippen molar-refractivity contribution in [1.82, 2.24) is 10.3 Å². The van der Waals surface area contributed by atoms with Crippen LogP contribution in [0.2, 0.25) is 0 Å². The molecule has 0 aliphatic heterocycles. The molecule has 0 aromatic carbocycles. The van der Waals surface area contributed by atoms with Gasteiger partial charge >= 0.3 is 0 Å². The predicted octanol–water partition coefficient (Wildman–Crippen LogP) is 4.15. The number of ether oxygens (including phenoxy) is 1. The summed E-state index contributed by atoms with van der Waals surface area (Å²) in [4.78, 5) is 6.18. The van der Waals surface area contributed by atoms with E-state index in [0.29, 0.717) is 0 Å². The van der Waals surface area contributed by atoms with Crippen LogP contribution in [0.15, 0.2) is 0 Å². The molecule has 0 atom stereocenters. The van der Waals surface area contributed by atoms with Gasteiger partial charge in [0.2, 0.25) is 0 Å². The Bertz CT molecular complexity index is 442. The number of thiazole rings is 1. The molecule has 114 valence electrons. The van der Waals surface area contributed by atoms with Crippen LogP contribution >= 0.6 is 11.3 Å². The third-order valence-corrected chi connectivity index (χ3v) is 5.46. The molecule has 1 heterocycles. The maximum atomic E-state index is 5.91. The van der Waals surface area contributed by atoms with Crippen molar-refractivity contribution >= 4 is 11.3 Å². The Hall–Kier alpha value is -0.450. The third kappa shape index (κ3) is 3.60. The molecule has 0 amide bonds. The van der Waals surface area contributed by atoms with Crippen molar-refractivity contribution in [3.05, 3.63) is 15.6 Å². The summed E-state index contributed by atoms with van der Waals surface area (Å²) in [7, 11) is 1.84.